The van der Waals surface area contributed by atoms with Crippen LogP contribution in [0.3, 0.4) is 0 Å². The number of aliphatic hydroxyl groups excluding tert-OH is 1. The lowest BCUT2D eigenvalue weighted by Gasteiger charge is -2.07. The quantitative estimate of drug-likeness (QED) is 0.692. The molecule has 0 saturated carbocycles. The van der Waals surface area contributed by atoms with Crippen LogP contribution in [0.25, 0.3) is 0 Å². The first kappa shape index (κ1) is 13.1. The third-order valence-electron chi connectivity index (χ3n) is 1.96. The molecule has 1 heterocycles. The predicted octanol–water partition coefficient (Wildman–Crippen LogP) is -1.04. The van der Waals surface area contributed by atoms with Crippen molar-refractivity contribution < 1.29 is 18.3 Å². The topological polar surface area (TPSA) is 94.3 Å². The van der Waals surface area contributed by atoms with E-state index in [4.69, 9.17) is 9.84 Å². The highest BCUT2D eigenvalue weighted by Crippen LogP contribution is 2.06. The van der Waals surface area contributed by atoms with Crippen molar-refractivity contribution in [2.75, 3.05) is 20.0 Å². The second kappa shape index (κ2) is 5.37. The Labute approximate surface area is 94.0 Å². The smallest absolute Gasteiger partial charge is 0.158 e. The number of sulfone groups is 1. The lowest BCUT2D eigenvalue weighted by atomic mass is 10.5. The molecule has 8 heteroatoms. The maximum absolute atomic E-state index is 11.1. The molecule has 0 aliphatic carbocycles. The van der Waals surface area contributed by atoms with Crippen molar-refractivity contribution in [3.05, 3.63) is 11.6 Å². The third kappa shape index (κ3) is 3.54. The van der Waals surface area contributed by atoms with Crippen LogP contribution in [-0.2, 0) is 33.5 Å². The zero-order valence-electron chi connectivity index (χ0n) is 9.25. The number of hydrogen-bond acceptors (Lipinski definition) is 6. The molecule has 0 aliphatic heterocycles. The van der Waals surface area contributed by atoms with Gasteiger partial charge in [0, 0.05) is 19.9 Å². The first-order chi connectivity index (χ1) is 7.48. The maximum Gasteiger partial charge on any atom is 0.158 e. The first-order valence-electron chi connectivity index (χ1n) is 4.66. The minimum absolute atomic E-state index is 0.191. The normalized spacial score (nSPS) is 11.9. The minimum Gasteiger partial charge on any atom is -0.388 e. The molecule has 1 N–H and O–H groups in total. The van der Waals surface area contributed by atoms with Gasteiger partial charge in [0.25, 0.3) is 0 Å². The molecule has 92 valence electrons. The van der Waals surface area contributed by atoms with Crippen LogP contribution in [0.15, 0.2) is 0 Å². The summed E-state index contributed by atoms with van der Waals surface area (Å²) in [6.07, 6.45) is 1.13. The van der Waals surface area contributed by atoms with Crippen molar-refractivity contribution in [3.8, 4) is 0 Å². The van der Waals surface area contributed by atoms with Crippen LogP contribution >= 0.6 is 0 Å². The Morgan fingerprint density at radius 2 is 2.00 bits per heavy atom. The van der Waals surface area contributed by atoms with Crippen molar-refractivity contribution in [2.45, 2.75) is 18.9 Å². The van der Waals surface area contributed by atoms with Crippen LogP contribution in [0, 0.1) is 0 Å². The van der Waals surface area contributed by atoms with Crippen molar-refractivity contribution >= 4 is 9.84 Å². The highest BCUT2D eigenvalue weighted by molar-refractivity contribution is 7.89. The van der Waals surface area contributed by atoms with Gasteiger partial charge in [-0.3, -0.25) is 0 Å². The van der Waals surface area contributed by atoms with E-state index >= 15 is 0 Å². The average molecular weight is 249 g/mol. The van der Waals surface area contributed by atoms with E-state index in [1.165, 1.54) is 0 Å². The summed E-state index contributed by atoms with van der Waals surface area (Å²) in [6, 6.07) is 0. The van der Waals surface area contributed by atoms with Crippen LogP contribution in [0.5, 0.6) is 0 Å². The molecule has 0 radical (unpaired) electrons. The SMILES string of the molecule is COCCn1c(CO)nnc1CS(C)(=O)=O. The van der Waals surface area contributed by atoms with Gasteiger partial charge >= 0.3 is 0 Å². The fourth-order valence-electron chi connectivity index (χ4n) is 1.27. The van der Waals surface area contributed by atoms with Gasteiger partial charge in [0.1, 0.15) is 18.2 Å². The summed E-state index contributed by atoms with van der Waals surface area (Å²) in [5.74, 6) is 0.475. The van der Waals surface area contributed by atoms with Gasteiger partial charge in [0.05, 0.1) is 6.61 Å². The Hall–Kier alpha value is -0.990. The Morgan fingerprint density at radius 3 is 2.50 bits per heavy atom. The summed E-state index contributed by atoms with van der Waals surface area (Å²) in [4.78, 5) is 0. The lowest BCUT2D eigenvalue weighted by molar-refractivity contribution is 0.182. The second-order valence-electron chi connectivity index (χ2n) is 3.41. The van der Waals surface area contributed by atoms with E-state index in [0.717, 1.165) is 6.26 Å². The van der Waals surface area contributed by atoms with Gasteiger partial charge in [-0.05, 0) is 0 Å². The molecule has 1 aromatic rings. The van der Waals surface area contributed by atoms with Gasteiger partial charge in [-0.2, -0.15) is 0 Å². The molecule has 0 aromatic carbocycles. The summed E-state index contributed by atoms with van der Waals surface area (Å²) in [6.45, 7) is 0.548. The van der Waals surface area contributed by atoms with Crippen LogP contribution < -0.4 is 0 Å². The standard InChI is InChI=1S/C8H15N3O4S/c1-15-4-3-11-7(5-12)9-10-8(11)6-16(2,13)14/h12H,3-6H2,1-2H3. The molecule has 0 aliphatic rings. The predicted molar refractivity (Wildman–Crippen MR) is 56.4 cm³/mol. The molecule has 0 amide bonds. The number of hydrogen-bond donors (Lipinski definition) is 1. The van der Waals surface area contributed by atoms with Crippen molar-refractivity contribution in [1.29, 1.82) is 0 Å². The Morgan fingerprint density at radius 1 is 1.38 bits per heavy atom. The monoisotopic (exact) mass is 249 g/mol. The maximum atomic E-state index is 11.1. The fourth-order valence-corrected chi connectivity index (χ4v) is 1.95. The zero-order valence-corrected chi connectivity index (χ0v) is 10.1. The number of aromatic nitrogens is 3. The van der Waals surface area contributed by atoms with E-state index in [9.17, 15) is 8.42 Å². The molecule has 0 spiro atoms. The molecule has 1 rings (SSSR count). The molecule has 0 bridgehead atoms. The highest BCUT2D eigenvalue weighted by Gasteiger charge is 2.15. The molecule has 0 saturated heterocycles. The van der Waals surface area contributed by atoms with Crippen LogP contribution in [-0.4, -0.2) is 48.3 Å². The molecule has 0 unspecified atom stereocenters. The Kier molecular flexibility index (Phi) is 4.39. The van der Waals surface area contributed by atoms with Gasteiger partial charge in [-0.25, -0.2) is 8.42 Å². The summed E-state index contributed by atoms with van der Waals surface area (Å²) >= 11 is 0. The average Bonchev–Trinajstić information content (AvgIpc) is 2.55. The molecule has 0 atom stereocenters. The highest BCUT2D eigenvalue weighted by atomic mass is 32.2. The van der Waals surface area contributed by atoms with E-state index in [1.54, 1.807) is 11.7 Å². The molecular formula is C8H15N3O4S. The number of rotatable bonds is 6. The summed E-state index contributed by atoms with van der Waals surface area (Å²) in [7, 11) is -1.62. The van der Waals surface area contributed by atoms with Crippen molar-refractivity contribution in [1.82, 2.24) is 14.8 Å². The van der Waals surface area contributed by atoms with Gasteiger partial charge in [0.2, 0.25) is 0 Å². The number of ether oxygens (including phenoxy) is 1. The summed E-state index contributed by atoms with van der Waals surface area (Å²) in [5, 5.41) is 16.5. The number of methoxy groups -OCH3 is 1. The van der Waals surface area contributed by atoms with Gasteiger partial charge in [-0.1, -0.05) is 0 Å². The third-order valence-corrected chi connectivity index (χ3v) is 2.74. The molecule has 7 nitrogen and oxygen atoms in total. The van der Waals surface area contributed by atoms with Crippen molar-refractivity contribution in [2.24, 2.45) is 0 Å². The largest absolute Gasteiger partial charge is 0.388 e. The van der Waals surface area contributed by atoms with E-state index in [-0.39, 0.29) is 12.4 Å². The second-order valence-corrected chi connectivity index (χ2v) is 5.55. The van der Waals surface area contributed by atoms with Crippen LogP contribution in [0.4, 0.5) is 0 Å². The molecule has 16 heavy (non-hydrogen) atoms. The Bertz CT molecular complexity index is 440. The first-order valence-corrected chi connectivity index (χ1v) is 6.72. The van der Waals surface area contributed by atoms with E-state index in [1.807, 2.05) is 0 Å². The molecular weight excluding hydrogens is 234 g/mol. The van der Waals surface area contributed by atoms with Gasteiger partial charge in [0.15, 0.2) is 15.7 Å². The van der Waals surface area contributed by atoms with Crippen molar-refractivity contribution in [3.63, 3.8) is 0 Å². The summed E-state index contributed by atoms with van der Waals surface area (Å²) in [5.41, 5.74) is 0. The summed E-state index contributed by atoms with van der Waals surface area (Å²) < 4.78 is 28.8. The fraction of sp³-hybridized carbons (Fsp3) is 0.750. The Balaban J connectivity index is 2.95. The van der Waals surface area contributed by atoms with Crippen LogP contribution in [0.2, 0.25) is 0 Å². The van der Waals surface area contributed by atoms with E-state index in [2.05, 4.69) is 10.2 Å². The molecule has 1 aromatic heterocycles. The van der Waals surface area contributed by atoms with Gasteiger partial charge in [-0.15, -0.1) is 10.2 Å². The zero-order chi connectivity index (χ0) is 12.2. The van der Waals surface area contributed by atoms with Gasteiger partial charge < -0.3 is 14.4 Å². The number of aliphatic hydroxyl groups is 1. The molecule has 0 fully saturated rings. The number of nitrogens with zero attached hydrogens (tertiary/aromatic N) is 3. The van der Waals surface area contributed by atoms with E-state index < -0.39 is 9.84 Å². The lowest BCUT2D eigenvalue weighted by Crippen LogP contribution is -2.14. The van der Waals surface area contributed by atoms with E-state index in [0.29, 0.717) is 24.8 Å². The minimum atomic E-state index is -3.17. The van der Waals surface area contributed by atoms with Crippen LogP contribution in [0.1, 0.15) is 11.6 Å².